The lowest BCUT2D eigenvalue weighted by Gasteiger charge is -2.06. The highest BCUT2D eigenvalue weighted by molar-refractivity contribution is 5.95. The van der Waals surface area contributed by atoms with Gasteiger partial charge in [0, 0.05) is 5.69 Å². The monoisotopic (exact) mass is 194 g/mol. The summed E-state index contributed by atoms with van der Waals surface area (Å²) in [7, 11) is 0. The summed E-state index contributed by atoms with van der Waals surface area (Å²) >= 11 is 0. The van der Waals surface area contributed by atoms with E-state index in [1.54, 1.807) is 4.68 Å². The third kappa shape index (κ3) is 1.30. The molecule has 2 heterocycles. The largest absolute Gasteiger partial charge is 0.391 e. The lowest BCUT2D eigenvalue weighted by molar-refractivity contribution is -0.153. The third-order valence-corrected chi connectivity index (χ3v) is 2.19. The van der Waals surface area contributed by atoms with Crippen molar-refractivity contribution in [2.24, 2.45) is 0 Å². The van der Waals surface area contributed by atoms with E-state index in [9.17, 15) is 9.59 Å². The van der Waals surface area contributed by atoms with Gasteiger partial charge >= 0.3 is 11.9 Å². The zero-order valence-electron chi connectivity index (χ0n) is 7.98. The highest BCUT2D eigenvalue weighted by Gasteiger charge is 2.36. The maximum Gasteiger partial charge on any atom is 0.339 e. The van der Waals surface area contributed by atoms with Crippen LogP contribution in [0.25, 0.3) is 0 Å². The van der Waals surface area contributed by atoms with Crippen molar-refractivity contribution in [3.63, 3.8) is 0 Å². The van der Waals surface area contributed by atoms with Crippen LogP contribution in [0.1, 0.15) is 23.9 Å². The van der Waals surface area contributed by atoms with Crippen LogP contribution in [0.2, 0.25) is 0 Å². The van der Waals surface area contributed by atoms with E-state index in [0.29, 0.717) is 0 Å². The second kappa shape index (κ2) is 2.94. The van der Waals surface area contributed by atoms with Crippen molar-refractivity contribution in [2.75, 3.05) is 0 Å². The minimum atomic E-state index is -0.573. The van der Waals surface area contributed by atoms with Crippen LogP contribution in [-0.4, -0.2) is 21.7 Å². The molecule has 1 aromatic rings. The average molecular weight is 194 g/mol. The van der Waals surface area contributed by atoms with E-state index < -0.39 is 18.0 Å². The molecule has 1 aliphatic heterocycles. The number of carbonyl (C=O) groups excluding carboxylic acids is 2. The molecular weight excluding hydrogens is 184 g/mol. The molecule has 1 aliphatic rings. The number of esters is 2. The Balaban J connectivity index is 2.36. The Morgan fingerprint density at radius 1 is 1.50 bits per heavy atom. The molecule has 0 saturated carbocycles. The molecule has 0 amide bonds. The fourth-order valence-electron chi connectivity index (χ4n) is 1.61. The van der Waals surface area contributed by atoms with Crippen LogP contribution in [0.15, 0.2) is 6.07 Å². The van der Waals surface area contributed by atoms with Crippen LogP contribution < -0.4 is 0 Å². The first-order valence-electron chi connectivity index (χ1n) is 4.35. The van der Waals surface area contributed by atoms with E-state index in [1.807, 2.05) is 19.9 Å². The summed E-state index contributed by atoms with van der Waals surface area (Å²) in [6.45, 7) is 3.68. The van der Waals surface area contributed by atoms with Crippen molar-refractivity contribution in [3.05, 3.63) is 17.5 Å². The van der Waals surface area contributed by atoms with E-state index in [-0.39, 0.29) is 6.42 Å². The quantitative estimate of drug-likeness (QED) is 0.483. The number of ether oxygens (including phenoxy) is 1. The molecule has 1 atom stereocenters. The molecule has 1 fully saturated rings. The van der Waals surface area contributed by atoms with Crippen molar-refractivity contribution in [3.8, 4) is 0 Å². The lowest BCUT2D eigenvalue weighted by Crippen LogP contribution is -2.16. The summed E-state index contributed by atoms with van der Waals surface area (Å²) in [5.74, 6) is -0.992. The van der Waals surface area contributed by atoms with Gasteiger partial charge in [0.05, 0.1) is 12.1 Å². The summed E-state index contributed by atoms with van der Waals surface area (Å²) in [5, 5.41) is 4.14. The van der Waals surface area contributed by atoms with Crippen molar-refractivity contribution < 1.29 is 14.3 Å². The molecule has 1 saturated heterocycles. The zero-order valence-corrected chi connectivity index (χ0v) is 7.98. The number of cyclic esters (lactones) is 2. The van der Waals surface area contributed by atoms with Crippen LogP contribution in [-0.2, 0) is 14.3 Å². The van der Waals surface area contributed by atoms with Gasteiger partial charge in [0.1, 0.15) is 0 Å². The first-order chi connectivity index (χ1) is 6.58. The molecular formula is C9H10N2O3. The van der Waals surface area contributed by atoms with Crippen LogP contribution >= 0.6 is 0 Å². The van der Waals surface area contributed by atoms with Gasteiger partial charge in [0.25, 0.3) is 0 Å². The Morgan fingerprint density at radius 2 is 2.21 bits per heavy atom. The summed E-state index contributed by atoms with van der Waals surface area (Å²) in [6.07, 6.45) is 0.0841. The van der Waals surface area contributed by atoms with Crippen LogP contribution in [0.3, 0.4) is 0 Å². The molecule has 5 heteroatoms. The Morgan fingerprint density at radius 3 is 2.64 bits per heavy atom. The maximum atomic E-state index is 11.2. The van der Waals surface area contributed by atoms with Gasteiger partial charge in [0.15, 0.2) is 6.04 Å². The zero-order chi connectivity index (χ0) is 10.3. The van der Waals surface area contributed by atoms with E-state index in [1.165, 1.54) is 0 Å². The van der Waals surface area contributed by atoms with E-state index in [0.717, 1.165) is 11.4 Å². The Kier molecular flexibility index (Phi) is 1.87. The molecule has 0 bridgehead atoms. The number of aromatic nitrogens is 2. The Hall–Kier alpha value is -1.65. The summed E-state index contributed by atoms with van der Waals surface area (Å²) in [4.78, 5) is 22.1. The number of rotatable bonds is 1. The van der Waals surface area contributed by atoms with E-state index >= 15 is 0 Å². The molecule has 1 aromatic heterocycles. The molecule has 0 spiro atoms. The van der Waals surface area contributed by atoms with Gasteiger partial charge in [-0.25, -0.2) is 4.79 Å². The molecule has 74 valence electrons. The number of hydrogen-bond donors (Lipinski definition) is 0. The molecule has 0 radical (unpaired) electrons. The van der Waals surface area contributed by atoms with Gasteiger partial charge < -0.3 is 4.74 Å². The van der Waals surface area contributed by atoms with Crippen LogP contribution in [0, 0.1) is 13.8 Å². The third-order valence-electron chi connectivity index (χ3n) is 2.19. The predicted molar refractivity (Wildman–Crippen MR) is 46.5 cm³/mol. The normalized spacial score (nSPS) is 21.4. The molecule has 14 heavy (non-hydrogen) atoms. The summed E-state index contributed by atoms with van der Waals surface area (Å²) < 4.78 is 6.00. The predicted octanol–water partition coefficient (Wildman–Crippen LogP) is 0.515. The lowest BCUT2D eigenvalue weighted by atomic mass is 10.2. The van der Waals surface area contributed by atoms with E-state index in [4.69, 9.17) is 0 Å². The smallest absolute Gasteiger partial charge is 0.339 e. The SMILES string of the molecule is Cc1cc(C)n(C2CC(=O)OC2=O)n1. The number of aryl methyl sites for hydroxylation is 2. The molecule has 0 aromatic carbocycles. The topological polar surface area (TPSA) is 61.2 Å². The van der Waals surface area contributed by atoms with Gasteiger partial charge in [-0.15, -0.1) is 0 Å². The second-order valence-corrected chi connectivity index (χ2v) is 3.38. The highest BCUT2D eigenvalue weighted by atomic mass is 16.6. The molecule has 0 aliphatic carbocycles. The molecule has 0 N–H and O–H groups in total. The fourth-order valence-corrected chi connectivity index (χ4v) is 1.61. The van der Waals surface area contributed by atoms with Gasteiger partial charge in [-0.2, -0.15) is 5.10 Å². The first kappa shape index (κ1) is 8.93. The minimum absolute atomic E-state index is 0.0841. The highest BCUT2D eigenvalue weighted by Crippen LogP contribution is 2.22. The first-order valence-corrected chi connectivity index (χ1v) is 4.35. The van der Waals surface area contributed by atoms with Crippen molar-refractivity contribution in [1.29, 1.82) is 0 Å². The van der Waals surface area contributed by atoms with Crippen molar-refractivity contribution in [2.45, 2.75) is 26.3 Å². The number of nitrogens with zero attached hydrogens (tertiary/aromatic N) is 2. The average Bonchev–Trinajstić information content (AvgIpc) is 2.55. The van der Waals surface area contributed by atoms with Crippen LogP contribution in [0.5, 0.6) is 0 Å². The van der Waals surface area contributed by atoms with Crippen molar-refractivity contribution >= 4 is 11.9 Å². The second-order valence-electron chi connectivity index (χ2n) is 3.38. The van der Waals surface area contributed by atoms with Gasteiger partial charge in [-0.3, -0.25) is 9.48 Å². The summed E-state index contributed by atoms with van der Waals surface area (Å²) in [5.41, 5.74) is 1.69. The maximum absolute atomic E-state index is 11.2. The molecule has 2 rings (SSSR count). The minimum Gasteiger partial charge on any atom is -0.391 e. The molecule has 5 nitrogen and oxygen atoms in total. The van der Waals surface area contributed by atoms with Crippen molar-refractivity contribution in [1.82, 2.24) is 9.78 Å². The number of carbonyl (C=O) groups is 2. The summed E-state index contributed by atoms with van der Waals surface area (Å²) in [6, 6.07) is 1.28. The van der Waals surface area contributed by atoms with Crippen LogP contribution in [0.4, 0.5) is 0 Å². The number of hydrogen-bond acceptors (Lipinski definition) is 4. The fraction of sp³-hybridized carbons (Fsp3) is 0.444. The van der Waals surface area contributed by atoms with Gasteiger partial charge in [-0.1, -0.05) is 0 Å². The standard InChI is InChI=1S/C9H10N2O3/c1-5-3-6(2)11(10-5)7-4-8(12)14-9(7)13/h3,7H,4H2,1-2H3. The van der Waals surface area contributed by atoms with Gasteiger partial charge in [-0.05, 0) is 19.9 Å². The van der Waals surface area contributed by atoms with E-state index in [2.05, 4.69) is 9.84 Å². The Bertz CT molecular complexity index is 408. The molecule has 1 unspecified atom stereocenters. The Labute approximate surface area is 80.7 Å². The van der Waals surface area contributed by atoms with Gasteiger partial charge in [0.2, 0.25) is 0 Å².